The highest BCUT2D eigenvalue weighted by atomic mass is 16.6. The van der Waals surface area contributed by atoms with Gasteiger partial charge in [0.2, 0.25) is 0 Å². The quantitative estimate of drug-likeness (QED) is 0.509. The summed E-state index contributed by atoms with van der Waals surface area (Å²) in [5.41, 5.74) is -0.219. The number of carbonyl (C=O) groups is 1. The monoisotopic (exact) mass is 194 g/mol. The molecule has 0 spiro atoms. The van der Waals surface area contributed by atoms with E-state index in [0.717, 1.165) is 19.4 Å². The maximum atomic E-state index is 11.8. The minimum Gasteiger partial charge on any atom is -0.373 e. The van der Waals surface area contributed by atoms with E-state index in [9.17, 15) is 4.79 Å². The van der Waals surface area contributed by atoms with Crippen LogP contribution in [0.2, 0.25) is 0 Å². The van der Waals surface area contributed by atoms with Gasteiger partial charge in [-0.05, 0) is 25.7 Å². The van der Waals surface area contributed by atoms with Crippen molar-refractivity contribution in [2.75, 3.05) is 6.61 Å². The van der Waals surface area contributed by atoms with Gasteiger partial charge in [-0.25, -0.2) is 0 Å². The van der Waals surface area contributed by atoms with E-state index in [1.807, 2.05) is 6.08 Å². The van der Waals surface area contributed by atoms with E-state index < -0.39 is 0 Å². The van der Waals surface area contributed by atoms with Gasteiger partial charge in [-0.2, -0.15) is 0 Å². The zero-order valence-corrected chi connectivity index (χ0v) is 8.95. The number of ether oxygens (including phenoxy) is 1. The number of hydrogen-bond acceptors (Lipinski definition) is 2. The van der Waals surface area contributed by atoms with Crippen LogP contribution in [-0.4, -0.2) is 18.5 Å². The second-order valence-corrected chi connectivity index (χ2v) is 4.74. The lowest BCUT2D eigenvalue weighted by molar-refractivity contribution is -0.129. The summed E-state index contributed by atoms with van der Waals surface area (Å²) in [7, 11) is 0. The molecule has 0 aromatic heterocycles. The lowest BCUT2D eigenvalue weighted by atomic mass is 9.70. The van der Waals surface area contributed by atoms with Gasteiger partial charge in [0.25, 0.3) is 0 Å². The smallest absolute Gasteiger partial charge is 0.136 e. The summed E-state index contributed by atoms with van der Waals surface area (Å²) in [6.07, 6.45) is 4.49. The largest absolute Gasteiger partial charge is 0.373 e. The molecule has 0 radical (unpaired) electrons. The fourth-order valence-corrected chi connectivity index (χ4v) is 2.98. The molecule has 0 aromatic rings. The Morgan fingerprint density at radius 3 is 2.64 bits per heavy atom. The van der Waals surface area contributed by atoms with Crippen LogP contribution in [-0.2, 0) is 9.53 Å². The van der Waals surface area contributed by atoms with E-state index in [4.69, 9.17) is 4.74 Å². The van der Waals surface area contributed by atoms with E-state index in [2.05, 4.69) is 13.5 Å². The zero-order chi connectivity index (χ0) is 10.3. The van der Waals surface area contributed by atoms with Crippen molar-refractivity contribution >= 4 is 5.78 Å². The molecule has 0 amide bonds. The Kier molecular flexibility index (Phi) is 2.26. The van der Waals surface area contributed by atoms with Gasteiger partial charge in [-0.1, -0.05) is 13.0 Å². The lowest BCUT2D eigenvalue weighted by Crippen LogP contribution is -2.37. The van der Waals surface area contributed by atoms with Crippen LogP contribution in [0.25, 0.3) is 0 Å². The molecule has 2 nitrogen and oxygen atoms in total. The molecule has 2 heteroatoms. The van der Waals surface area contributed by atoms with Crippen molar-refractivity contribution in [3.63, 3.8) is 0 Å². The maximum absolute atomic E-state index is 11.8. The van der Waals surface area contributed by atoms with Crippen LogP contribution in [0.5, 0.6) is 0 Å². The summed E-state index contributed by atoms with van der Waals surface area (Å²) in [4.78, 5) is 11.8. The predicted molar refractivity (Wildman–Crippen MR) is 54.9 cm³/mol. The van der Waals surface area contributed by atoms with Crippen molar-refractivity contribution in [3.8, 4) is 0 Å². The van der Waals surface area contributed by atoms with Gasteiger partial charge in [0.15, 0.2) is 0 Å². The molecular formula is C12H18O2. The molecule has 2 rings (SSSR count). The third-order valence-electron chi connectivity index (χ3n) is 4.18. The number of Topliss-reactive ketones (excluding diaryl/α,β-unsaturated/α-hetero) is 1. The normalized spacial score (nSPS) is 46.3. The SMILES string of the molecule is C=C[C@H]1CC[C@@H]([C@@H]2CO2)[C@]1(C)C(C)=O. The Hall–Kier alpha value is -0.630. The van der Waals surface area contributed by atoms with Gasteiger partial charge < -0.3 is 4.74 Å². The Bertz CT molecular complexity index is 267. The van der Waals surface area contributed by atoms with E-state index in [1.54, 1.807) is 6.92 Å². The van der Waals surface area contributed by atoms with E-state index in [-0.39, 0.29) is 5.41 Å². The zero-order valence-electron chi connectivity index (χ0n) is 8.95. The van der Waals surface area contributed by atoms with Gasteiger partial charge >= 0.3 is 0 Å². The molecule has 2 aliphatic rings. The Balaban J connectivity index is 2.27. The Morgan fingerprint density at radius 2 is 2.21 bits per heavy atom. The fraction of sp³-hybridized carbons (Fsp3) is 0.750. The van der Waals surface area contributed by atoms with Crippen molar-refractivity contribution in [3.05, 3.63) is 12.7 Å². The molecule has 0 aromatic carbocycles. The molecule has 4 atom stereocenters. The number of allylic oxidation sites excluding steroid dienone is 1. The molecule has 1 aliphatic carbocycles. The number of epoxide rings is 1. The first-order valence-corrected chi connectivity index (χ1v) is 5.36. The molecule has 1 saturated carbocycles. The van der Waals surface area contributed by atoms with E-state index >= 15 is 0 Å². The molecule has 0 unspecified atom stereocenters. The van der Waals surface area contributed by atoms with Crippen LogP contribution in [0.1, 0.15) is 26.7 Å². The standard InChI is InChI=1S/C12H18O2/c1-4-9-5-6-10(11-7-14-11)12(9,3)8(2)13/h4,9-11H,1,5-7H2,2-3H3/t9-,10-,11-,12+/m0/s1. The van der Waals surface area contributed by atoms with Gasteiger partial charge in [0.05, 0.1) is 12.7 Å². The Labute approximate surface area is 85.3 Å². The van der Waals surface area contributed by atoms with Gasteiger partial charge in [-0.3, -0.25) is 4.79 Å². The second kappa shape index (κ2) is 3.20. The summed E-state index contributed by atoms with van der Waals surface area (Å²) in [5, 5.41) is 0. The van der Waals surface area contributed by atoms with Crippen molar-refractivity contribution < 1.29 is 9.53 Å². The van der Waals surface area contributed by atoms with Crippen molar-refractivity contribution in [1.29, 1.82) is 0 Å². The summed E-state index contributed by atoms with van der Waals surface area (Å²) in [5.74, 6) is 1.05. The average molecular weight is 194 g/mol. The maximum Gasteiger partial charge on any atom is 0.136 e. The molecule has 1 heterocycles. The molecule has 0 bridgehead atoms. The molecule has 2 fully saturated rings. The van der Waals surface area contributed by atoms with Crippen molar-refractivity contribution in [2.24, 2.45) is 17.3 Å². The first-order valence-electron chi connectivity index (χ1n) is 5.36. The topological polar surface area (TPSA) is 29.6 Å². The van der Waals surface area contributed by atoms with Crippen LogP contribution in [0, 0.1) is 17.3 Å². The van der Waals surface area contributed by atoms with Crippen molar-refractivity contribution in [1.82, 2.24) is 0 Å². The summed E-state index contributed by atoms with van der Waals surface area (Å²) in [6, 6.07) is 0. The minimum absolute atomic E-state index is 0.219. The van der Waals surface area contributed by atoms with Crippen molar-refractivity contribution in [2.45, 2.75) is 32.8 Å². The fourth-order valence-electron chi connectivity index (χ4n) is 2.98. The van der Waals surface area contributed by atoms with E-state index in [0.29, 0.717) is 23.7 Å². The Morgan fingerprint density at radius 1 is 1.57 bits per heavy atom. The summed E-state index contributed by atoms with van der Waals surface area (Å²) >= 11 is 0. The van der Waals surface area contributed by atoms with Gasteiger partial charge in [0, 0.05) is 11.3 Å². The van der Waals surface area contributed by atoms with E-state index in [1.165, 1.54) is 0 Å². The van der Waals surface area contributed by atoms with Crippen LogP contribution < -0.4 is 0 Å². The van der Waals surface area contributed by atoms with Crippen LogP contribution in [0.3, 0.4) is 0 Å². The molecule has 14 heavy (non-hydrogen) atoms. The second-order valence-electron chi connectivity index (χ2n) is 4.74. The highest BCUT2D eigenvalue weighted by Gasteiger charge is 2.54. The number of hydrogen-bond donors (Lipinski definition) is 0. The van der Waals surface area contributed by atoms with Crippen LogP contribution >= 0.6 is 0 Å². The van der Waals surface area contributed by atoms with Gasteiger partial charge in [0.1, 0.15) is 5.78 Å². The first kappa shape index (κ1) is 9.91. The molecule has 78 valence electrons. The molecular weight excluding hydrogens is 176 g/mol. The number of carbonyl (C=O) groups excluding carboxylic acids is 1. The molecule has 1 saturated heterocycles. The molecule has 0 N–H and O–H groups in total. The number of rotatable bonds is 3. The lowest BCUT2D eigenvalue weighted by Gasteiger charge is -2.32. The summed E-state index contributed by atoms with van der Waals surface area (Å²) < 4.78 is 5.34. The van der Waals surface area contributed by atoms with Crippen LogP contribution in [0.4, 0.5) is 0 Å². The first-order chi connectivity index (χ1) is 6.60. The minimum atomic E-state index is -0.219. The highest BCUT2D eigenvalue weighted by molar-refractivity contribution is 5.83. The predicted octanol–water partition coefficient (Wildman–Crippen LogP) is 2.19. The third-order valence-corrected chi connectivity index (χ3v) is 4.18. The van der Waals surface area contributed by atoms with Gasteiger partial charge in [-0.15, -0.1) is 6.58 Å². The summed E-state index contributed by atoms with van der Waals surface area (Å²) in [6.45, 7) is 8.48. The van der Waals surface area contributed by atoms with Crippen LogP contribution in [0.15, 0.2) is 12.7 Å². The number of ketones is 1. The third kappa shape index (κ3) is 1.24. The highest BCUT2D eigenvalue weighted by Crippen LogP contribution is 2.52. The average Bonchev–Trinajstić information content (AvgIpc) is 2.91. The molecule has 1 aliphatic heterocycles.